The predicted octanol–water partition coefficient (Wildman–Crippen LogP) is 3.18. The molecule has 0 radical (unpaired) electrons. The largest absolute Gasteiger partial charge is 0.367 e. The second kappa shape index (κ2) is 6.44. The summed E-state index contributed by atoms with van der Waals surface area (Å²) in [7, 11) is 0. The maximum Gasteiger partial charge on any atom is 0.228 e. The summed E-state index contributed by atoms with van der Waals surface area (Å²) in [5.41, 5.74) is 6.07. The van der Waals surface area contributed by atoms with E-state index in [-0.39, 0.29) is 17.1 Å². The van der Waals surface area contributed by atoms with Crippen molar-refractivity contribution >= 4 is 0 Å². The van der Waals surface area contributed by atoms with E-state index in [0.717, 1.165) is 32.1 Å². The molecule has 5 heteroatoms. The highest BCUT2D eigenvalue weighted by molar-refractivity contribution is 5.05. The maximum absolute atomic E-state index is 6.19. The van der Waals surface area contributed by atoms with Gasteiger partial charge >= 0.3 is 0 Å². The Bertz CT molecular complexity index is 445. The van der Waals surface area contributed by atoms with Crippen molar-refractivity contribution in [1.29, 1.82) is 0 Å². The molecule has 0 aromatic carbocycles. The van der Waals surface area contributed by atoms with Crippen LogP contribution in [0.2, 0.25) is 0 Å². The highest BCUT2D eigenvalue weighted by atomic mass is 16.5. The van der Waals surface area contributed by atoms with E-state index < -0.39 is 0 Å². The lowest BCUT2D eigenvalue weighted by molar-refractivity contribution is -0.0469. The van der Waals surface area contributed by atoms with Gasteiger partial charge in [-0.05, 0) is 44.4 Å². The molecule has 0 aliphatic heterocycles. The molecule has 1 aromatic heterocycles. The molecule has 1 aromatic rings. The number of hydrogen-bond donors (Lipinski definition) is 1. The van der Waals surface area contributed by atoms with Crippen molar-refractivity contribution in [3.05, 3.63) is 11.7 Å². The van der Waals surface area contributed by atoms with E-state index in [1.807, 2.05) is 6.92 Å². The number of nitrogens with zero attached hydrogens (tertiary/aromatic N) is 2. The average molecular weight is 295 g/mol. The summed E-state index contributed by atoms with van der Waals surface area (Å²) in [5, 5.41) is 4.17. The lowest BCUT2D eigenvalue weighted by Crippen LogP contribution is -2.29. The van der Waals surface area contributed by atoms with Gasteiger partial charge in [0.2, 0.25) is 11.7 Å². The molecule has 0 amide bonds. The highest BCUT2D eigenvalue weighted by Crippen LogP contribution is 2.40. The minimum atomic E-state index is -0.329. The van der Waals surface area contributed by atoms with Gasteiger partial charge in [-0.1, -0.05) is 25.9 Å². The lowest BCUT2D eigenvalue weighted by Gasteiger charge is -2.24. The Morgan fingerprint density at radius 3 is 2.57 bits per heavy atom. The van der Waals surface area contributed by atoms with Crippen molar-refractivity contribution in [2.45, 2.75) is 77.9 Å². The second-order valence-corrected chi connectivity index (χ2v) is 7.38. The van der Waals surface area contributed by atoms with E-state index in [1.54, 1.807) is 0 Å². The van der Waals surface area contributed by atoms with Gasteiger partial charge in [-0.25, -0.2) is 0 Å². The summed E-state index contributed by atoms with van der Waals surface area (Å²) < 4.78 is 11.4. The summed E-state index contributed by atoms with van der Waals surface area (Å²) in [6, 6.07) is 0.0462. The topological polar surface area (TPSA) is 74.2 Å². The Balaban J connectivity index is 2.03. The van der Waals surface area contributed by atoms with Gasteiger partial charge in [0, 0.05) is 19.1 Å². The third kappa shape index (κ3) is 4.27. The molecule has 0 spiro atoms. The molecule has 1 unspecified atom stereocenters. The third-order valence-corrected chi connectivity index (χ3v) is 4.02. The SMILES string of the molecule is CCOC1(c2noc(CC(N)CC(C)(C)C)n2)CCCC1. The van der Waals surface area contributed by atoms with Gasteiger partial charge in [-0.15, -0.1) is 0 Å². The Kier molecular flexibility index (Phi) is 5.04. The van der Waals surface area contributed by atoms with Crippen molar-refractivity contribution in [3.8, 4) is 0 Å². The van der Waals surface area contributed by atoms with Gasteiger partial charge in [-0.2, -0.15) is 4.98 Å². The van der Waals surface area contributed by atoms with E-state index in [2.05, 4.69) is 30.9 Å². The quantitative estimate of drug-likeness (QED) is 0.872. The van der Waals surface area contributed by atoms with E-state index in [1.165, 1.54) is 0 Å². The molecule has 2 rings (SSSR count). The fourth-order valence-corrected chi connectivity index (χ4v) is 3.26. The number of aromatic nitrogens is 2. The first kappa shape index (κ1) is 16.4. The van der Waals surface area contributed by atoms with Crippen molar-refractivity contribution in [1.82, 2.24) is 10.1 Å². The first-order valence-electron chi connectivity index (χ1n) is 8.07. The summed E-state index contributed by atoms with van der Waals surface area (Å²) in [6.45, 7) is 9.26. The summed E-state index contributed by atoms with van der Waals surface area (Å²) in [6.07, 6.45) is 5.84. The predicted molar refractivity (Wildman–Crippen MR) is 81.8 cm³/mol. The van der Waals surface area contributed by atoms with E-state index in [4.69, 9.17) is 15.0 Å². The van der Waals surface area contributed by atoms with Crippen LogP contribution in [0.4, 0.5) is 0 Å². The molecule has 0 saturated heterocycles. The monoisotopic (exact) mass is 295 g/mol. The molecular formula is C16H29N3O2. The molecule has 1 aliphatic carbocycles. The van der Waals surface area contributed by atoms with Crippen LogP contribution >= 0.6 is 0 Å². The Hall–Kier alpha value is -0.940. The summed E-state index contributed by atoms with van der Waals surface area (Å²) >= 11 is 0. The Morgan fingerprint density at radius 2 is 2.00 bits per heavy atom. The van der Waals surface area contributed by atoms with Gasteiger partial charge < -0.3 is 15.0 Å². The molecule has 1 saturated carbocycles. The summed E-state index contributed by atoms with van der Waals surface area (Å²) in [5.74, 6) is 1.34. The minimum absolute atomic E-state index is 0.0462. The van der Waals surface area contributed by atoms with Crippen LogP contribution in [-0.2, 0) is 16.8 Å². The fraction of sp³-hybridized carbons (Fsp3) is 0.875. The van der Waals surface area contributed by atoms with E-state index in [0.29, 0.717) is 24.7 Å². The van der Waals surface area contributed by atoms with Gasteiger partial charge in [-0.3, -0.25) is 0 Å². The number of rotatable bonds is 6. The Labute approximate surface area is 127 Å². The maximum atomic E-state index is 6.19. The number of ether oxygens (including phenoxy) is 1. The van der Waals surface area contributed by atoms with E-state index in [9.17, 15) is 0 Å². The zero-order chi connectivity index (χ0) is 15.5. The molecule has 2 N–H and O–H groups in total. The molecule has 1 atom stereocenters. The zero-order valence-electron chi connectivity index (χ0n) is 13.8. The van der Waals surface area contributed by atoms with Crippen molar-refractivity contribution in [2.75, 3.05) is 6.61 Å². The molecule has 0 bridgehead atoms. The highest BCUT2D eigenvalue weighted by Gasteiger charge is 2.40. The number of nitrogens with two attached hydrogens (primary N) is 1. The van der Waals surface area contributed by atoms with Crippen LogP contribution < -0.4 is 5.73 Å². The van der Waals surface area contributed by atoms with Crippen LogP contribution in [0, 0.1) is 5.41 Å². The molecular weight excluding hydrogens is 266 g/mol. The smallest absolute Gasteiger partial charge is 0.228 e. The summed E-state index contributed by atoms with van der Waals surface area (Å²) in [4.78, 5) is 4.57. The molecule has 1 heterocycles. The van der Waals surface area contributed by atoms with Gasteiger partial charge in [0.05, 0.1) is 0 Å². The van der Waals surface area contributed by atoms with Gasteiger partial charge in [0.1, 0.15) is 5.60 Å². The number of hydrogen-bond acceptors (Lipinski definition) is 5. The lowest BCUT2D eigenvalue weighted by atomic mass is 9.87. The average Bonchev–Trinajstić information content (AvgIpc) is 2.96. The molecule has 1 aliphatic rings. The van der Waals surface area contributed by atoms with Crippen LogP contribution in [0.15, 0.2) is 4.52 Å². The van der Waals surface area contributed by atoms with Gasteiger partial charge in [0.15, 0.2) is 0 Å². The van der Waals surface area contributed by atoms with Gasteiger partial charge in [0.25, 0.3) is 0 Å². The first-order valence-corrected chi connectivity index (χ1v) is 8.07. The van der Waals surface area contributed by atoms with Crippen LogP contribution in [0.5, 0.6) is 0 Å². The Morgan fingerprint density at radius 1 is 1.33 bits per heavy atom. The van der Waals surface area contributed by atoms with Crippen molar-refractivity contribution < 1.29 is 9.26 Å². The normalized spacial score (nSPS) is 19.9. The van der Waals surface area contributed by atoms with Crippen molar-refractivity contribution in [2.24, 2.45) is 11.1 Å². The molecule has 5 nitrogen and oxygen atoms in total. The van der Waals surface area contributed by atoms with Crippen LogP contribution in [0.1, 0.15) is 71.5 Å². The second-order valence-electron chi connectivity index (χ2n) is 7.38. The standard InChI is InChI=1S/C16H29N3O2/c1-5-20-16(8-6-7-9-16)14-18-13(21-19-14)10-12(17)11-15(2,3)4/h12H,5-11,17H2,1-4H3. The fourth-order valence-electron chi connectivity index (χ4n) is 3.26. The minimum Gasteiger partial charge on any atom is -0.367 e. The third-order valence-electron chi connectivity index (χ3n) is 4.02. The first-order chi connectivity index (χ1) is 9.85. The molecule has 1 fully saturated rings. The van der Waals surface area contributed by atoms with E-state index >= 15 is 0 Å². The van der Waals surface area contributed by atoms with Crippen LogP contribution in [0.25, 0.3) is 0 Å². The molecule has 21 heavy (non-hydrogen) atoms. The molecule has 120 valence electrons. The zero-order valence-corrected chi connectivity index (χ0v) is 13.8. The van der Waals surface area contributed by atoms with Crippen LogP contribution in [0.3, 0.4) is 0 Å². The van der Waals surface area contributed by atoms with Crippen LogP contribution in [-0.4, -0.2) is 22.8 Å². The van der Waals surface area contributed by atoms with Crippen molar-refractivity contribution in [3.63, 3.8) is 0 Å².